The SMILES string of the molecule is COc1ccc(-c2[nH]c3c(Br)cccc3c2C=O)cc1F. The van der Waals surface area contributed by atoms with Crippen LogP contribution in [0.4, 0.5) is 4.39 Å². The Hall–Kier alpha value is -2.14. The van der Waals surface area contributed by atoms with Gasteiger partial charge in [-0.25, -0.2) is 4.39 Å². The summed E-state index contributed by atoms with van der Waals surface area (Å²) < 4.78 is 19.6. The van der Waals surface area contributed by atoms with Gasteiger partial charge in [-0.05, 0) is 40.2 Å². The molecule has 0 saturated heterocycles. The number of aldehydes is 1. The number of H-pyrrole nitrogens is 1. The minimum atomic E-state index is -0.468. The maximum absolute atomic E-state index is 13.9. The predicted molar refractivity (Wildman–Crippen MR) is 83.3 cm³/mol. The van der Waals surface area contributed by atoms with Gasteiger partial charge in [-0.3, -0.25) is 4.79 Å². The highest BCUT2D eigenvalue weighted by atomic mass is 79.9. The monoisotopic (exact) mass is 347 g/mol. The molecule has 0 bridgehead atoms. The van der Waals surface area contributed by atoms with Gasteiger partial charge in [0.2, 0.25) is 0 Å². The van der Waals surface area contributed by atoms with E-state index < -0.39 is 5.82 Å². The number of hydrogen-bond donors (Lipinski definition) is 1. The van der Waals surface area contributed by atoms with E-state index in [1.807, 2.05) is 18.2 Å². The Balaban J connectivity index is 2.27. The molecule has 0 aliphatic carbocycles. The molecule has 0 atom stereocenters. The number of methoxy groups -OCH3 is 1. The molecular formula is C16H11BrFNO2. The number of rotatable bonds is 3. The van der Waals surface area contributed by atoms with Crippen molar-refractivity contribution in [2.45, 2.75) is 0 Å². The summed E-state index contributed by atoms with van der Waals surface area (Å²) in [6, 6.07) is 10.2. The van der Waals surface area contributed by atoms with E-state index >= 15 is 0 Å². The van der Waals surface area contributed by atoms with Crippen molar-refractivity contribution in [3.05, 3.63) is 52.3 Å². The Morgan fingerprint density at radius 3 is 2.76 bits per heavy atom. The van der Waals surface area contributed by atoms with Crippen molar-refractivity contribution >= 4 is 33.1 Å². The Morgan fingerprint density at radius 1 is 1.29 bits per heavy atom. The van der Waals surface area contributed by atoms with Crippen LogP contribution in [0.1, 0.15) is 10.4 Å². The highest BCUT2D eigenvalue weighted by molar-refractivity contribution is 9.10. The number of aromatic nitrogens is 1. The summed E-state index contributed by atoms with van der Waals surface area (Å²) in [7, 11) is 1.41. The predicted octanol–water partition coefficient (Wildman–Crippen LogP) is 4.56. The molecule has 0 saturated carbocycles. The molecule has 0 spiro atoms. The van der Waals surface area contributed by atoms with Crippen LogP contribution in [0.5, 0.6) is 5.75 Å². The largest absolute Gasteiger partial charge is 0.494 e. The summed E-state index contributed by atoms with van der Waals surface area (Å²) in [6.07, 6.45) is 0.780. The van der Waals surface area contributed by atoms with E-state index in [9.17, 15) is 9.18 Å². The van der Waals surface area contributed by atoms with Crippen LogP contribution in [0.2, 0.25) is 0 Å². The van der Waals surface area contributed by atoms with E-state index in [0.29, 0.717) is 16.8 Å². The molecule has 3 rings (SSSR count). The Labute approximate surface area is 128 Å². The summed E-state index contributed by atoms with van der Waals surface area (Å²) >= 11 is 3.44. The number of benzene rings is 2. The second-order valence-electron chi connectivity index (χ2n) is 4.54. The van der Waals surface area contributed by atoms with Crippen LogP contribution in [0.25, 0.3) is 22.2 Å². The topological polar surface area (TPSA) is 42.1 Å². The minimum absolute atomic E-state index is 0.170. The summed E-state index contributed by atoms with van der Waals surface area (Å²) in [5.74, 6) is -0.298. The first-order chi connectivity index (χ1) is 10.2. The van der Waals surface area contributed by atoms with Gasteiger partial charge in [0.05, 0.1) is 18.3 Å². The zero-order chi connectivity index (χ0) is 15.0. The molecule has 0 amide bonds. The molecule has 5 heteroatoms. The van der Waals surface area contributed by atoms with Gasteiger partial charge in [0, 0.05) is 21.0 Å². The first-order valence-corrected chi connectivity index (χ1v) is 7.04. The molecule has 1 heterocycles. The average molecular weight is 348 g/mol. The lowest BCUT2D eigenvalue weighted by Gasteiger charge is -2.04. The number of halogens is 2. The van der Waals surface area contributed by atoms with Crippen LogP contribution in [0.3, 0.4) is 0 Å². The van der Waals surface area contributed by atoms with E-state index in [0.717, 1.165) is 21.7 Å². The van der Waals surface area contributed by atoms with Crippen molar-refractivity contribution in [3.8, 4) is 17.0 Å². The number of aromatic amines is 1. The quantitative estimate of drug-likeness (QED) is 0.705. The van der Waals surface area contributed by atoms with Crippen LogP contribution in [-0.2, 0) is 0 Å². The maximum atomic E-state index is 13.9. The minimum Gasteiger partial charge on any atom is -0.494 e. The maximum Gasteiger partial charge on any atom is 0.165 e. The summed E-state index contributed by atoms with van der Waals surface area (Å²) in [5, 5.41) is 0.797. The van der Waals surface area contributed by atoms with Crippen molar-refractivity contribution in [1.82, 2.24) is 4.98 Å². The number of carbonyl (C=O) groups excluding carboxylic acids is 1. The molecule has 0 aliphatic heterocycles. The Kier molecular flexibility index (Phi) is 3.51. The fourth-order valence-corrected chi connectivity index (χ4v) is 2.84. The molecule has 1 aromatic heterocycles. The van der Waals surface area contributed by atoms with Gasteiger partial charge in [-0.2, -0.15) is 0 Å². The average Bonchev–Trinajstić information content (AvgIpc) is 2.87. The normalized spacial score (nSPS) is 10.8. The molecule has 106 valence electrons. The van der Waals surface area contributed by atoms with Gasteiger partial charge < -0.3 is 9.72 Å². The molecule has 0 aliphatic rings. The number of ether oxygens (including phenoxy) is 1. The van der Waals surface area contributed by atoms with Crippen molar-refractivity contribution in [3.63, 3.8) is 0 Å². The molecule has 2 aromatic carbocycles. The second kappa shape index (κ2) is 5.33. The summed E-state index contributed by atoms with van der Waals surface area (Å²) in [6.45, 7) is 0. The fourth-order valence-electron chi connectivity index (χ4n) is 2.37. The standard InChI is InChI=1S/C16H11BrFNO2/c1-21-14-6-5-9(7-13(14)18)15-11(8-20)10-3-2-4-12(17)16(10)19-15/h2-8,19H,1H3. The molecule has 0 unspecified atom stereocenters. The van der Waals surface area contributed by atoms with Gasteiger partial charge in [0.15, 0.2) is 17.9 Å². The van der Waals surface area contributed by atoms with Crippen LogP contribution in [0.15, 0.2) is 40.9 Å². The van der Waals surface area contributed by atoms with Gasteiger partial charge in [0.25, 0.3) is 0 Å². The van der Waals surface area contributed by atoms with Crippen LogP contribution >= 0.6 is 15.9 Å². The second-order valence-corrected chi connectivity index (χ2v) is 5.40. The van der Waals surface area contributed by atoms with E-state index in [4.69, 9.17) is 4.74 Å². The van der Waals surface area contributed by atoms with E-state index in [2.05, 4.69) is 20.9 Å². The number of carbonyl (C=O) groups is 1. The third kappa shape index (κ3) is 2.23. The van der Waals surface area contributed by atoms with E-state index in [1.54, 1.807) is 12.1 Å². The van der Waals surface area contributed by atoms with Crippen molar-refractivity contribution in [1.29, 1.82) is 0 Å². The van der Waals surface area contributed by atoms with Crippen molar-refractivity contribution in [2.75, 3.05) is 7.11 Å². The number of fused-ring (bicyclic) bond motifs is 1. The third-order valence-corrected chi connectivity index (χ3v) is 4.04. The number of nitrogens with one attached hydrogen (secondary N) is 1. The van der Waals surface area contributed by atoms with Crippen LogP contribution in [-0.4, -0.2) is 18.4 Å². The summed E-state index contributed by atoms with van der Waals surface area (Å²) in [5.41, 5.74) is 2.51. The van der Waals surface area contributed by atoms with Gasteiger partial charge in [-0.15, -0.1) is 0 Å². The molecule has 0 radical (unpaired) electrons. The zero-order valence-corrected chi connectivity index (χ0v) is 12.7. The first kappa shape index (κ1) is 13.8. The lowest BCUT2D eigenvalue weighted by atomic mass is 10.1. The molecule has 3 nitrogen and oxygen atoms in total. The van der Waals surface area contributed by atoms with Gasteiger partial charge >= 0.3 is 0 Å². The summed E-state index contributed by atoms with van der Waals surface area (Å²) in [4.78, 5) is 14.6. The molecule has 21 heavy (non-hydrogen) atoms. The Bertz CT molecular complexity index is 842. The molecule has 3 aromatic rings. The molecular weight excluding hydrogens is 337 g/mol. The lowest BCUT2D eigenvalue weighted by molar-refractivity contribution is 0.112. The lowest BCUT2D eigenvalue weighted by Crippen LogP contribution is -1.90. The molecule has 1 N–H and O–H groups in total. The van der Waals surface area contributed by atoms with Crippen LogP contribution in [0, 0.1) is 5.82 Å². The number of hydrogen-bond acceptors (Lipinski definition) is 2. The highest BCUT2D eigenvalue weighted by Gasteiger charge is 2.15. The van der Waals surface area contributed by atoms with Crippen LogP contribution < -0.4 is 4.74 Å². The number of para-hydroxylation sites is 1. The van der Waals surface area contributed by atoms with E-state index in [1.165, 1.54) is 13.2 Å². The van der Waals surface area contributed by atoms with Crippen molar-refractivity contribution < 1.29 is 13.9 Å². The van der Waals surface area contributed by atoms with E-state index in [-0.39, 0.29) is 5.75 Å². The highest BCUT2D eigenvalue weighted by Crippen LogP contribution is 2.34. The first-order valence-electron chi connectivity index (χ1n) is 6.25. The zero-order valence-electron chi connectivity index (χ0n) is 11.1. The van der Waals surface area contributed by atoms with Gasteiger partial charge in [-0.1, -0.05) is 12.1 Å². The van der Waals surface area contributed by atoms with Crippen molar-refractivity contribution in [2.24, 2.45) is 0 Å². The third-order valence-electron chi connectivity index (χ3n) is 3.38. The van der Waals surface area contributed by atoms with Gasteiger partial charge in [0.1, 0.15) is 0 Å². The Morgan fingerprint density at radius 2 is 2.10 bits per heavy atom. The fraction of sp³-hybridized carbons (Fsp3) is 0.0625. The smallest absolute Gasteiger partial charge is 0.165 e. The molecule has 0 fully saturated rings.